The molecule has 0 radical (unpaired) electrons. The summed E-state index contributed by atoms with van der Waals surface area (Å²) in [5.41, 5.74) is 2.54. The zero-order chi connectivity index (χ0) is 14.9. The van der Waals surface area contributed by atoms with Crippen LogP contribution < -0.4 is 10.2 Å². The molecule has 110 valence electrons. The van der Waals surface area contributed by atoms with Gasteiger partial charge in [-0.05, 0) is 56.5 Å². The van der Waals surface area contributed by atoms with Gasteiger partial charge in [-0.25, -0.2) is 0 Å². The third kappa shape index (κ3) is 3.03. The first kappa shape index (κ1) is 15.1. The first-order chi connectivity index (χ1) is 10.1. The fourth-order valence-electron chi connectivity index (χ4n) is 2.96. The topological polar surface area (TPSA) is 15.3 Å². The number of hydrogen-bond acceptors (Lipinski definition) is 2. The Labute approximate surface area is 142 Å². The Morgan fingerprint density at radius 3 is 2.33 bits per heavy atom. The van der Waals surface area contributed by atoms with Gasteiger partial charge in [-0.1, -0.05) is 36.4 Å². The number of nitrogens with zero attached hydrogens (tertiary/aromatic N) is 1. The molecule has 4 heteroatoms. The number of benzene rings is 2. The number of halogens is 2. The average molecular weight is 410 g/mol. The molecule has 1 saturated heterocycles. The van der Waals surface area contributed by atoms with Crippen LogP contribution >= 0.6 is 31.9 Å². The standard InChI is InChI=1S/C17H18Br2N2/c1-17(13-6-3-2-4-7-13)12-21(11-10-20-17)16-14(18)8-5-9-15(16)19/h2-9,20H,10-12H2,1H3. The summed E-state index contributed by atoms with van der Waals surface area (Å²) >= 11 is 7.37. The zero-order valence-corrected chi connectivity index (χ0v) is 15.1. The highest BCUT2D eigenvalue weighted by Crippen LogP contribution is 2.37. The van der Waals surface area contributed by atoms with Crippen LogP contribution in [0.3, 0.4) is 0 Å². The van der Waals surface area contributed by atoms with Crippen molar-refractivity contribution in [3.8, 4) is 0 Å². The van der Waals surface area contributed by atoms with Crippen molar-refractivity contribution in [2.24, 2.45) is 0 Å². The summed E-state index contributed by atoms with van der Waals surface area (Å²) in [6, 6.07) is 16.9. The minimum atomic E-state index is -0.0335. The van der Waals surface area contributed by atoms with E-state index in [2.05, 4.69) is 97.5 Å². The maximum Gasteiger partial charge on any atom is 0.0656 e. The monoisotopic (exact) mass is 408 g/mol. The van der Waals surface area contributed by atoms with Gasteiger partial charge >= 0.3 is 0 Å². The van der Waals surface area contributed by atoms with Crippen LogP contribution in [0.25, 0.3) is 0 Å². The van der Waals surface area contributed by atoms with Gasteiger partial charge in [0.05, 0.1) is 11.2 Å². The molecule has 2 aromatic rings. The van der Waals surface area contributed by atoms with Crippen molar-refractivity contribution in [3.05, 3.63) is 63.0 Å². The molecule has 1 N–H and O–H groups in total. The van der Waals surface area contributed by atoms with Crippen molar-refractivity contribution < 1.29 is 0 Å². The molecule has 1 heterocycles. The van der Waals surface area contributed by atoms with Crippen LogP contribution in [-0.4, -0.2) is 19.6 Å². The summed E-state index contributed by atoms with van der Waals surface area (Å²) in [4.78, 5) is 2.44. The normalized spacial score (nSPS) is 22.3. The van der Waals surface area contributed by atoms with Gasteiger partial charge < -0.3 is 10.2 Å². The van der Waals surface area contributed by atoms with Gasteiger partial charge in [0.25, 0.3) is 0 Å². The third-order valence-corrected chi connectivity index (χ3v) is 5.35. The van der Waals surface area contributed by atoms with Crippen LogP contribution in [0.15, 0.2) is 57.5 Å². The molecule has 0 bridgehead atoms. The van der Waals surface area contributed by atoms with E-state index in [-0.39, 0.29) is 5.54 Å². The summed E-state index contributed by atoms with van der Waals surface area (Å²) in [6.45, 7) is 5.19. The van der Waals surface area contributed by atoms with Gasteiger partial charge in [-0.3, -0.25) is 0 Å². The van der Waals surface area contributed by atoms with E-state index in [9.17, 15) is 0 Å². The van der Waals surface area contributed by atoms with Crippen molar-refractivity contribution in [1.29, 1.82) is 0 Å². The second-order valence-electron chi connectivity index (χ2n) is 5.62. The highest BCUT2D eigenvalue weighted by molar-refractivity contribution is 9.11. The number of para-hydroxylation sites is 1. The van der Waals surface area contributed by atoms with E-state index in [1.165, 1.54) is 11.3 Å². The molecule has 3 rings (SSSR count). The molecule has 1 aliphatic heterocycles. The minimum Gasteiger partial charge on any atom is -0.366 e. The van der Waals surface area contributed by atoms with E-state index < -0.39 is 0 Å². The first-order valence-corrected chi connectivity index (χ1v) is 8.68. The first-order valence-electron chi connectivity index (χ1n) is 7.10. The Hall–Kier alpha value is -0.840. The van der Waals surface area contributed by atoms with Crippen molar-refractivity contribution in [3.63, 3.8) is 0 Å². The van der Waals surface area contributed by atoms with Crippen molar-refractivity contribution in [1.82, 2.24) is 5.32 Å². The number of piperazine rings is 1. The number of rotatable bonds is 2. The number of hydrogen-bond donors (Lipinski definition) is 1. The lowest BCUT2D eigenvalue weighted by Gasteiger charge is -2.43. The third-order valence-electron chi connectivity index (χ3n) is 4.07. The van der Waals surface area contributed by atoms with Crippen molar-refractivity contribution in [2.45, 2.75) is 12.5 Å². The lowest BCUT2D eigenvalue weighted by Crippen LogP contribution is -2.57. The highest BCUT2D eigenvalue weighted by Gasteiger charge is 2.33. The Morgan fingerprint density at radius 1 is 1.00 bits per heavy atom. The predicted octanol–water partition coefficient (Wildman–Crippen LogP) is 4.54. The van der Waals surface area contributed by atoms with Crippen LogP contribution in [0, 0.1) is 0 Å². The molecule has 1 aliphatic rings. The molecule has 0 spiro atoms. The lowest BCUT2D eigenvalue weighted by molar-refractivity contribution is 0.331. The predicted molar refractivity (Wildman–Crippen MR) is 95.9 cm³/mol. The van der Waals surface area contributed by atoms with Gasteiger partial charge in [0.2, 0.25) is 0 Å². The van der Waals surface area contributed by atoms with E-state index in [0.717, 1.165) is 28.6 Å². The van der Waals surface area contributed by atoms with Crippen LogP contribution in [-0.2, 0) is 5.54 Å². The molecule has 1 atom stereocenters. The lowest BCUT2D eigenvalue weighted by atomic mass is 9.89. The van der Waals surface area contributed by atoms with E-state index in [1.54, 1.807) is 0 Å². The number of nitrogens with one attached hydrogen (secondary N) is 1. The summed E-state index contributed by atoms with van der Waals surface area (Å²) < 4.78 is 2.27. The minimum absolute atomic E-state index is 0.0335. The Balaban J connectivity index is 1.93. The van der Waals surface area contributed by atoms with Crippen molar-refractivity contribution >= 4 is 37.5 Å². The molecule has 21 heavy (non-hydrogen) atoms. The van der Waals surface area contributed by atoms with Gasteiger partial charge in [0, 0.05) is 28.6 Å². The van der Waals surface area contributed by atoms with E-state index in [1.807, 2.05) is 0 Å². The van der Waals surface area contributed by atoms with E-state index in [4.69, 9.17) is 0 Å². The smallest absolute Gasteiger partial charge is 0.0656 e. The fraction of sp³-hybridized carbons (Fsp3) is 0.294. The Bertz CT molecular complexity index is 610. The largest absolute Gasteiger partial charge is 0.366 e. The van der Waals surface area contributed by atoms with Crippen LogP contribution in [0.5, 0.6) is 0 Å². The Morgan fingerprint density at radius 2 is 1.67 bits per heavy atom. The second kappa shape index (κ2) is 6.11. The molecule has 2 aromatic carbocycles. The molecular formula is C17H18Br2N2. The maximum atomic E-state index is 3.68. The van der Waals surface area contributed by atoms with Crippen molar-refractivity contribution in [2.75, 3.05) is 24.5 Å². The quantitative estimate of drug-likeness (QED) is 0.783. The molecular weight excluding hydrogens is 392 g/mol. The summed E-state index contributed by atoms with van der Waals surface area (Å²) in [5.74, 6) is 0. The fourth-order valence-corrected chi connectivity index (χ4v) is 4.46. The molecule has 0 aromatic heterocycles. The molecule has 0 saturated carbocycles. The second-order valence-corrected chi connectivity index (χ2v) is 7.33. The molecule has 1 fully saturated rings. The van der Waals surface area contributed by atoms with Gasteiger partial charge in [-0.15, -0.1) is 0 Å². The van der Waals surface area contributed by atoms with Crippen LogP contribution in [0.2, 0.25) is 0 Å². The van der Waals surface area contributed by atoms with E-state index in [0.29, 0.717) is 0 Å². The van der Waals surface area contributed by atoms with Gasteiger partial charge in [-0.2, -0.15) is 0 Å². The Kier molecular flexibility index (Phi) is 4.38. The van der Waals surface area contributed by atoms with E-state index >= 15 is 0 Å². The average Bonchev–Trinajstić information content (AvgIpc) is 2.48. The summed E-state index contributed by atoms with van der Waals surface area (Å²) in [5, 5.41) is 3.68. The SMILES string of the molecule is CC1(c2ccccc2)CN(c2c(Br)cccc2Br)CCN1. The van der Waals surface area contributed by atoms with Crippen LogP contribution in [0.4, 0.5) is 5.69 Å². The number of anilines is 1. The molecule has 0 aliphatic carbocycles. The summed E-state index contributed by atoms with van der Waals surface area (Å²) in [7, 11) is 0. The molecule has 2 nitrogen and oxygen atoms in total. The highest BCUT2D eigenvalue weighted by atomic mass is 79.9. The molecule has 1 unspecified atom stereocenters. The molecule has 0 amide bonds. The zero-order valence-electron chi connectivity index (χ0n) is 11.9. The maximum absolute atomic E-state index is 3.68. The van der Waals surface area contributed by atoms with Crippen LogP contribution in [0.1, 0.15) is 12.5 Å². The van der Waals surface area contributed by atoms with Gasteiger partial charge in [0.1, 0.15) is 0 Å². The van der Waals surface area contributed by atoms with Gasteiger partial charge in [0.15, 0.2) is 0 Å². The summed E-state index contributed by atoms with van der Waals surface area (Å²) in [6.07, 6.45) is 0.